The average molecular weight is 325 g/mol. The summed E-state index contributed by atoms with van der Waals surface area (Å²) < 4.78 is 1.66. The van der Waals surface area contributed by atoms with Gasteiger partial charge < -0.3 is 10.4 Å². The molecule has 1 aromatic heterocycles. The van der Waals surface area contributed by atoms with Crippen LogP contribution in [0.1, 0.15) is 56.6 Å². The van der Waals surface area contributed by atoms with E-state index >= 15 is 0 Å². The second-order valence-corrected chi connectivity index (χ2v) is 5.86. The summed E-state index contributed by atoms with van der Waals surface area (Å²) in [6, 6.07) is 4.97. The molecule has 1 aliphatic rings. The van der Waals surface area contributed by atoms with Crippen molar-refractivity contribution in [1.29, 1.82) is 0 Å². The molecule has 0 aliphatic heterocycles. The van der Waals surface area contributed by atoms with Crippen LogP contribution in [0.3, 0.4) is 0 Å². The Morgan fingerprint density at radius 1 is 1.50 bits per heavy atom. The van der Waals surface area contributed by atoms with Crippen LogP contribution in [0.15, 0.2) is 23.0 Å². The zero-order valence-corrected chi connectivity index (χ0v) is 13.7. The Morgan fingerprint density at radius 2 is 2.25 bits per heavy atom. The first-order valence-electron chi connectivity index (χ1n) is 8.04. The smallest absolute Gasteiger partial charge is 0.405 e. The van der Waals surface area contributed by atoms with E-state index in [1.807, 2.05) is 19.1 Å². The Bertz CT molecular complexity index is 917. The molecular formula is C18H19N3O3. The fraction of sp³-hybridized carbons (Fsp3) is 0.389. The Kier molecular flexibility index (Phi) is 4.26. The van der Waals surface area contributed by atoms with Crippen LogP contribution in [0, 0.1) is 11.8 Å². The van der Waals surface area contributed by atoms with E-state index in [1.165, 1.54) is 0 Å². The number of hydrogen-bond acceptors (Lipinski definition) is 3. The van der Waals surface area contributed by atoms with Crippen LogP contribution in [0.4, 0.5) is 4.79 Å². The second kappa shape index (κ2) is 6.36. The molecule has 0 saturated heterocycles. The molecule has 2 N–H and O–H groups in total. The van der Waals surface area contributed by atoms with Gasteiger partial charge in [-0.3, -0.25) is 9.36 Å². The van der Waals surface area contributed by atoms with Crippen molar-refractivity contribution in [3.05, 3.63) is 39.9 Å². The molecule has 2 aromatic rings. The van der Waals surface area contributed by atoms with Gasteiger partial charge in [-0.15, -0.1) is 5.92 Å². The minimum atomic E-state index is -1.12. The number of amides is 1. The third-order valence-electron chi connectivity index (χ3n) is 4.15. The molecule has 124 valence electrons. The van der Waals surface area contributed by atoms with Gasteiger partial charge in [0, 0.05) is 11.6 Å². The number of carbonyl (C=O) groups is 1. The molecule has 1 unspecified atom stereocenters. The Balaban J connectivity index is 2.30. The molecule has 1 aromatic carbocycles. The van der Waals surface area contributed by atoms with E-state index in [0.29, 0.717) is 28.7 Å². The normalized spacial score (nSPS) is 14.8. The Hall–Kier alpha value is -2.81. The van der Waals surface area contributed by atoms with E-state index in [9.17, 15) is 9.59 Å². The fourth-order valence-electron chi connectivity index (χ4n) is 2.93. The third-order valence-corrected chi connectivity index (χ3v) is 4.15. The molecule has 1 atom stereocenters. The van der Waals surface area contributed by atoms with Crippen molar-refractivity contribution in [2.75, 3.05) is 0 Å². The molecule has 1 saturated carbocycles. The largest absolute Gasteiger partial charge is 0.465 e. The van der Waals surface area contributed by atoms with Crippen LogP contribution < -0.4 is 10.9 Å². The number of nitrogens with one attached hydrogen (secondary N) is 1. The lowest BCUT2D eigenvalue weighted by Crippen LogP contribution is -2.34. The van der Waals surface area contributed by atoms with Gasteiger partial charge in [0.05, 0.1) is 16.9 Å². The highest BCUT2D eigenvalue weighted by Gasteiger charge is 2.31. The van der Waals surface area contributed by atoms with Crippen molar-refractivity contribution in [2.45, 2.75) is 45.2 Å². The summed E-state index contributed by atoms with van der Waals surface area (Å²) >= 11 is 0. The molecule has 1 heterocycles. The van der Waals surface area contributed by atoms with Gasteiger partial charge in [-0.2, -0.15) is 0 Å². The lowest BCUT2D eigenvalue weighted by molar-refractivity contribution is 0.188. The van der Waals surface area contributed by atoms with Crippen molar-refractivity contribution in [2.24, 2.45) is 0 Å². The van der Waals surface area contributed by atoms with Crippen LogP contribution in [-0.2, 0) is 0 Å². The van der Waals surface area contributed by atoms with Crippen molar-refractivity contribution < 1.29 is 9.90 Å². The molecular weight excluding hydrogens is 306 g/mol. The van der Waals surface area contributed by atoms with Gasteiger partial charge >= 0.3 is 6.09 Å². The quantitative estimate of drug-likeness (QED) is 0.847. The molecule has 6 nitrogen and oxygen atoms in total. The van der Waals surface area contributed by atoms with E-state index in [2.05, 4.69) is 22.1 Å². The summed E-state index contributed by atoms with van der Waals surface area (Å²) in [5.41, 5.74) is 1.08. The van der Waals surface area contributed by atoms with E-state index in [1.54, 1.807) is 17.6 Å². The summed E-state index contributed by atoms with van der Waals surface area (Å²) in [7, 11) is 0. The maximum atomic E-state index is 13.1. The highest BCUT2D eigenvalue weighted by Crippen LogP contribution is 2.36. The maximum Gasteiger partial charge on any atom is 0.405 e. The standard InChI is InChI=1S/C18H19N3O3/c1-3-6-11-7-5-8-14-15(11)17(22)21(12-9-10-12)16(19-14)13(4-2)20-18(23)24/h5,7-8,12-13,20H,4,9-10H2,1-2H3,(H,23,24). The van der Waals surface area contributed by atoms with Crippen LogP contribution >= 0.6 is 0 Å². The predicted octanol–water partition coefficient (Wildman–Crippen LogP) is 2.82. The van der Waals surface area contributed by atoms with Crippen molar-refractivity contribution in [3.8, 4) is 11.8 Å². The van der Waals surface area contributed by atoms with E-state index < -0.39 is 12.1 Å². The summed E-state index contributed by atoms with van der Waals surface area (Å²) in [6.45, 7) is 3.59. The van der Waals surface area contributed by atoms with Crippen molar-refractivity contribution >= 4 is 17.0 Å². The first-order valence-corrected chi connectivity index (χ1v) is 8.04. The van der Waals surface area contributed by atoms with Gasteiger partial charge in [0.15, 0.2) is 0 Å². The number of fused-ring (bicyclic) bond motifs is 1. The van der Waals surface area contributed by atoms with Gasteiger partial charge in [0.1, 0.15) is 5.82 Å². The zero-order valence-electron chi connectivity index (χ0n) is 13.7. The number of aromatic nitrogens is 2. The first-order chi connectivity index (χ1) is 11.6. The summed E-state index contributed by atoms with van der Waals surface area (Å²) in [4.78, 5) is 28.8. The lowest BCUT2D eigenvalue weighted by atomic mass is 10.1. The maximum absolute atomic E-state index is 13.1. The number of rotatable bonds is 4. The Morgan fingerprint density at radius 3 is 2.83 bits per heavy atom. The number of carboxylic acid groups (broad SMARTS) is 1. The summed E-state index contributed by atoms with van der Waals surface area (Å²) in [6.07, 6.45) is 1.21. The predicted molar refractivity (Wildman–Crippen MR) is 91.0 cm³/mol. The third kappa shape index (κ3) is 2.85. The molecule has 6 heteroatoms. The second-order valence-electron chi connectivity index (χ2n) is 5.86. The fourth-order valence-corrected chi connectivity index (χ4v) is 2.93. The highest BCUT2D eigenvalue weighted by atomic mass is 16.4. The molecule has 0 radical (unpaired) electrons. The zero-order chi connectivity index (χ0) is 17.3. The molecule has 3 rings (SSSR count). The van der Waals surface area contributed by atoms with Crippen LogP contribution in [0.5, 0.6) is 0 Å². The molecule has 1 amide bonds. The van der Waals surface area contributed by atoms with Gasteiger partial charge in [-0.25, -0.2) is 9.78 Å². The molecule has 24 heavy (non-hydrogen) atoms. The summed E-state index contributed by atoms with van der Waals surface area (Å²) in [5.74, 6) is 6.27. The van der Waals surface area contributed by atoms with Gasteiger partial charge in [0.25, 0.3) is 5.56 Å². The molecule has 0 spiro atoms. The lowest BCUT2D eigenvalue weighted by Gasteiger charge is -2.20. The molecule has 1 fully saturated rings. The minimum Gasteiger partial charge on any atom is -0.465 e. The number of benzene rings is 1. The minimum absolute atomic E-state index is 0.0942. The van der Waals surface area contributed by atoms with Gasteiger partial charge in [-0.05, 0) is 38.3 Å². The SMILES string of the molecule is CC#Cc1cccc2nc(C(CC)NC(=O)O)n(C3CC3)c(=O)c12. The van der Waals surface area contributed by atoms with Crippen LogP contribution in [0.25, 0.3) is 10.9 Å². The van der Waals surface area contributed by atoms with Crippen molar-refractivity contribution in [3.63, 3.8) is 0 Å². The molecule has 1 aliphatic carbocycles. The highest BCUT2D eigenvalue weighted by molar-refractivity contribution is 5.84. The number of nitrogens with zero attached hydrogens (tertiary/aromatic N) is 2. The van der Waals surface area contributed by atoms with E-state index in [0.717, 1.165) is 12.8 Å². The van der Waals surface area contributed by atoms with Gasteiger partial charge in [0.2, 0.25) is 0 Å². The van der Waals surface area contributed by atoms with E-state index in [-0.39, 0.29) is 11.6 Å². The van der Waals surface area contributed by atoms with Crippen LogP contribution in [-0.4, -0.2) is 20.8 Å². The van der Waals surface area contributed by atoms with Gasteiger partial charge in [-0.1, -0.05) is 18.9 Å². The first kappa shape index (κ1) is 16.1. The monoisotopic (exact) mass is 325 g/mol. The van der Waals surface area contributed by atoms with E-state index in [4.69, 9.17) is 5.11 Å². The average Bonchev–Trinajstić information content (AvgIpc) is 3.37. The van der Waals surface area contributed by atoms with Crippen LogP contribution in [0.2, 0.25) is 0 Å². The summed E-state index contributed by atoms with van der Waals surface area (Å²) in [5, 5.41) is 12.0. The van der Waals surface area contributed by atoms with Crippen molar-refractivity contribution in [1.82, 2.24) is 14.9 Å². The number of hydrogen-bond donors (Lipinski definition) is 2. The topological polar surface area (TPSA) is 84.2 Å². The Labute approximate surface area is 139 Å². The molecule has 0 bridgehead atoms.